The van der Waals surface area contributed by atoms with Gasteiger partial charge in [-0.3, -0.25) is 4.68 Å². The Bertz CT molecular complexity index is 1230. The second-order valence-electron chi connectivity index (χ2n) is 5.64. The third kappa shape index (κ3) is 3.20. The van der Waals surface area contributed by atoms with Crippen LogP contribution in [0.15, 0.2) is 59.1 Å². The van der Waals surface area contributed by atoms with Gasteiger partial charge in [-0.25, -0.2) is 24.9 Å². The summed E-state index contributed by atoms with van der Waals surface area (Å²) in [5.74, 6) is 0.613. The number of hydrogen-bond acceptors (Lipinski definition) is 9. The average Bonchev–Trinajstić information content (AvgIpc) is 3.27. The van der Waals surface area contributed by atoms with Crippen LogP contribution in [0.3, 0.4) is 0 Å². The molecule has 0 aliphatic heterocycles. The minimum atomic E-state index is 0.613. The van der Waals surface area contributed by atoms with Gasteiger partial charge >= 0.3 is 0 Å². The number of hydrogen-bond donors (Lipinski definition) is 1. The van der Waals surface area contributed by atoms with Gasteiger partial charge in [0.1, 0.15) is 32.2 Å². The van der Waals surface area contributed by atoms with Gasteiger partial charge in [0.05, 0.1) is 5.52 Å². The van der Waals surface area contributed by atoms with Gasteiger partial charge in [0.15, 0.2) is 10.9 Å². The van der Waals surface area contributed by atoms with Crippen molar-refractivity contribution in [2.75, 3.05) is 5.32 Å². The lowest BCUT2D eigenvalue weighted by molar-refractivity contribution is 0.738. The molecule has 0 aliphatic carbocycles. The first-order chi connectivity index (χ1) is 13.2. The monoisotopic (exact) mass is 392 g/mol. The van der Waals surface area contributed by atoms with Crippen molar-refractivity contribution in [3.8, 4) is 0 Å². The zero-order valence-corrected chi connectivity index (χ0v) is 15.7. The normalized spacial score (nSPS) is 11.3. The highest BCUT2D eigenvalue weighted by Crippen LogP contribution is 2.30. The van der Waals surface area contributed by atoms with Gasteiger partial charge in [0.25, 0.3) is 0 Å². The first-order valence-electron chi connectivity index (χ1n) is 8.02. The van der Waals surface area contributed by atoms with E-state index in [9.17, 15) is 0 Å². The van der Waals surface area contributed by atoms with Gasteiger partial charge in [-0.1, -0.05) is 11.3 Å². The van der Waals surface area contributed by atoms with Crippen LogP contribution in [-0.4, -0.2) is 34.7 Å². The van der Waals surface area contributed by atoms with Crippen LogP contribution in [0.5, 0.6) is 0 Å². The molecule has 0 saturated carbocycles. The number of nitrogens with zero attached hydrogens (tertiary/aromatic N) is 7. The molecule has 8 nitrogen and oxygen atoms in total. The predicted octanol–water partition coefficient (Wildman–Crippen LogP) is 3.66. The molecule has 5 aromatic rings. The number of nitrogens with one attached hydrogen (secondary N) is 1. The van der Waals surface area contributed by atoms with E-state index in [1.54, 1.807) is 10.9 Å². The lowest BCUT2D eigenvalue weighted by Gasteiger charge is -2.06. The quantitative estimate of drug-likeness (QED) is 0.495. The molecule has 0 bridgehead atoms. The highest BCUT2D eigenvalue weighted by Gasteiger charge is 2.11. The predicted molar refractivity (Wildman–Crippen MR) is 105 cm³/mol. The maximum atomic E-state index is 4.72. The fourth-order valence-electron chi connectivity index (χ4n) is 2.55. The minimum absolute atomic E-state index is 0.613. The molecular weight excluding hydrogens is 380 g/mol. The van der Waals surface area contributed by atoms with E-state index in [4.69, 9.17) is 4.98 Å². The van der Waals surface area contributed by atoms with Crippen LogP contribution in [0.1, 0.15) is 0 Å². The topological polar surface area (TPSA) is 94.3 Å². The summed E-state index contributed by atoms with van der Waals surface area (Å²) >= 11 is 2.96. The largest absolute Gasteiger partial charge is 0.314 e. The van der Waals surface area contributed by atoms with E-state index in [1.165, 1.54) is 29.4 Å². The van der Waals surface area contributed by atoms with Crippen molar-refractivity contribution < 1.29 is 0 Å². The molecule has 10 heteroatoms. The summed E-state index contributed by atoms with van der Waals surface area (Å²) in [6.45, 7) is 0. The first kappa shape index (κ1) is 16.1. The minimum Gasteiger partial charge on any atom is -0.314 e. The third-order valence-electron chi connectivity index (χ3n) is 3.75. The molecule has 0 unspecified atom stereocenters. The molecular formula is C17H12N8S2. The van der Waals surface area contributed by atoms with Crippen molar-refractivity contribution in [2.45, 2.75) is 10.1 Å². The standard InChI is InChI=1S/C17H12N8S2/c1-25-8-6-13(24-25)26-12-5-4-10-14(22-12)15(20-9-19-10)23-17-21-11-3-2-7-18-16(11)27-17/h2-9H,1H3,(H,19,20,21,23). The molecule has 5 rings (SSSR count). The maximum Gasteiger partial charge on any atom is 0.191 e. The van der Waals surface area contributed by atoms with Crippen LogP contribution in [0.4, 0.5) is 10.9 Å². The molecule has 0 atom stereocenters. The van der Waals surface area contributed by atoms with Gasteiger partial charge in [-0.15, -0.1) is 0 Å². The highest BCUT2D eigenvalue weighted by molar-refractivity contribution is 7.99. The smallest absolute Gasteiger partial charge is 0.191 e. The lowest BCUT2D eigenvalue weighted by Crippen LogP contribution is -1.97. The number of thiazole rings is 1. The van der Waals surface area contributed by atoms with Crippen LogP contribution in [0, 0.1) is 0 Å². The van der Waals surface area contributed by atoms with E-state index in [-0.39, 0.29) is 0 Å². The molecule has 0 aliphatic rings. The molecule has 1 N–H and O–H groups in total. The molecule has 0 aromatic carbocycles. The number of pyridine rings is 2. The second kappa shape index (κ2) is 6.56. The Balaban J connectivity index is 1.51. The van der Waals surface area contributed by atoms with Crippen molar-refractivity contribution in [1.29, 1.82) is 0 Å². The summed E-state index contributed by atoms with van der Waals surface area (Å²) < 4.78 is 1.76. The number of aromatic nitrogens is 7. The first-order valence-corrected chi connectivity index (χ1v) is 9.66. The number of fused-ring (bicyclic) bond motifs is 2. The number of aryl methyl sites for hydroxylation is 1. The zero-order valence-electron chi connectivity index (χ0n) is 14.1. The van der Waals surface area contributed by atoms with E-state index in [0.717, 1.165) is 25.9 Å². The van der Waals surface area contributed by atoms with Crippen LogP contribution in [0.2, 0.25) is 0 Å². The van der Waals surface area contributed by atoms with Crippen molar-refractivity contribution in [1.82, 2.24) is 34.7 Å². The van der Waals surface area contributed by atoms with E-state index >= 15 is 0 Å². The van der Waals surface area contributed by atoms with E-state index < -0.39 is 0 Å². The molecule has 0 spiro atoms. The highest BCUT2D eigenvalue weighted by atomic mass is 32.2. The average molecular weight is 392 g/mol. The Kier molecular flexibility index (Phi) is 3.91. The SMILES string of the molecule is Cn1ccc(Sc2ccc3ncnc(Nc4nc5cccnc5s4)c3n2)n1. The number of anilines is 2. The summed E-state index contributed by atoms with van der Waals surface area (Å²) in [6, 6.07) is 9.61. The summed E-state index contributed by atoms with van der Waals surface area (Å²) in [5, 5.41) is 10.1. The van der Waals surface area contributed by atoms with E-state index in [2.05, 4.69) is 30.4 Å². The summed E-state index contributed by atoms with van der Waals surface area (Å²) in [4.78, 5) is 23.1. The number of rotatable bonds is 4. The summed E-state index contributed by atoms with van der Waals surface area (Å²) in [6.07, 6.45) is 5.18. The molecule has 0 amide bonds. The van der Waals surface area contributed by atoms with Gasteiger partial charge in [0, 0.05) is 19.4 Å². The van der Waals surface area contributed by atoms with Crippen LogP contribution < -0.4 is 5.32 Å². The molecule has 132 valence electrons. The molecule has 5 heterocycles. The van der Waals surface area contributed by atoms with Crippen LogP contribution in [0.25, 0.3) is 21.4 Å². The van der Waals surface area contributed by atoms with E-state index in [1.807, 2.05) is 43.6 Å². The molecule has 0 fully saturated rings. The fourth-order valence-corrected chi connectivity index (χ4v) is 4.14. The Morgan fingerprint density at radius 3 is 2.81 bits per heavy atom. The molecule has 0 saturated heterocycles. The van der Waals surface area contributed by atoms with Crippen LogP contribution in [-0.2, 0) is 7.05 Å². The van der Waals surface area contributed by atoms with Gasteiger partial charge in [0.2, 0.25) is 0 Å². The lowest BCUT2D eigenvalue weighted by atomic mass is 10.3. The second-order valence-corrected chi connectivity index (χ2v) is 7.66. The summed E-state index contributed by atoms with van der Waals surface area (Å²) in [7, 11) is 1.89. The van der Waals surface area contributed by atoms with Crippen LogP contribution >= 0.6 is 23.1 Å². The molecule has 0 radical (unpaired) electrons. The zero-order chi connectivity index (χ0) is 18.2. The van der Waals surface area contributed by atoms with Crippen molar-refractivity contribution >= 4 is 55.4 Å². The van der Waals surface area contributed by atoms with E-state index in [0.29, 0.717) is 16.5 Å². The maximum absolute atomic E-state index is 4.72. The third-order valence-corrected chi connectivity index (χ3v) is 5.50. The summed E-state index contributed by atoms with van der Waals surface area (Å²) in [5.41, 5.74) is 2.30. The molecule has 27 heavy (non-hydrogen) atoms. The Morgan fingerprint density at radius 1 is 1.00 bits per heavy atom. The Labute approximate surface area is 161 Å². The molecule has 5 aromatic heterocycles. The Hall–Kier alpha value is -3.11. The van der Waals surface area contributed by atoms with Crippen molar-refractivity contribution in [3.05, 3.63) is 49.1 Å². The van der Waals surface area contributed by atoms with Gasteiger partial charge < -0.3 is 5.32 Å². The van der Waals surface area contributed by atoms with Crippen molar-refractivity contribution in [3.63, 3.8) is 0 Å². The fraction of sp³-hybridized carbons (Fsp3) is 0.0588. The van der Waals surface area contributed by atoms with Crippen molar-refractivity contribution in [2.24, 2.45) is 7.05 Å². The Morgan fingerprint density at radius 2 is 1.96 bits per heavy atom. The van der Waals surface area contributed by atoms with Gasteiger partial charge in [-0.05, 0) is 42.1 Å². The van der Waals surface area contributed by atoms with Gasteiger partial charge in [-0.2, -0.15) is 5.10 Å².